The van der Waals surface area contributed by atoms with Crippen molar-refractivity contribution in [1.82, 2.24) is 0 Å². The molecular formula is CH4N2OSi. The molecule has 0 aromatic rings. The summed E-state index contributed by atoms with van der Waals surface area (Å²) in [5.41, 5.74) is 0. The minimum absolute atomic E-state index is 1.51. The number of nitrogens with one attached hydrogen (secondary N) is 1. The fourth-order valence-electron chi connectivity index (χ4n) is 0. The summed E-state index contributed by atoms with van der Waals surface area (Å²) in [6.45, 7) is 1.51. The van der Waals surface area contributed by atoms with Crippen LogP contribution in [0.1, 0.15) is 0 Å². The lowest BCUT2D eigenvalue weighted by Crippen LogP contribution is -1.76. The highest BCUT2D eigenvalue weighted by Crippen LogP contribution is 1.60. The summed E-state index contributed by atoms with van der Waals surface area (Å²) in [4.78, 5) is 11.5. The van der Waals surface area contributed by atoms with Gasteiger partial charge in [-0.25, -0.2) is 0 Å². The molecule has 0 saturated heterocycles. The molecule has 0 amide bonds. The van der Waals surface area contributed by atoms with Crippen LogP contribution in [0, 0.1) is 9.96 Å². The number of rotatable bonds is 1. The van der Waals surface area contributed by atoms with E-state index >= 15 is 0 Å². The number of hydrogen-bond acceptors (Lipinski definition) is 2. The monoisotopic (exact) mass is 88.0 g/mol. The van der Waals surface area contributed by atoms with E-state index in [4.69, 9.17) is 9.96 Å². The van der Waals surface area contributed by atoms with Crippen molar-refractivity contribution in [2.24, 2.45) is 4.84 Å². The topological polar surface area (TPSA) is 53.3 Å². The highest BCUT2D eigenvalue weighted by molar-refractivity contribution is 6.40. The first-order chi connectivity index (χ1) is 2.27. The molecule has 0 atom stereocenters. The van der Waals surface area contributed by atoms with Crippen molar-refractivity contribution in [1.29, 1.82) is 5.05 Å². The minimum Gasteiger partial charge on any atom is -0.326 e. The Morgan fingerprint density at radius 3 is 2.20 bits per heavy atom. The first-order valence-corrected chi connectivity index (χ1v) is 3.10. The van der Waals surface area contributed by atoms with Gasteiger partial charge in [-0.05, 0) is 6.55 Å². The summed E-state index contributed by atoms with van der Waals surface area (Å²) in [5, 5.41) is 6.45. The Morgan fingerprint density at radius 2 is 2.20 bits per heavy atom. The van der Waals surface area contributed by atoms with E-state index in [9.17, 15) is 0 Å². The smallest absolute Gasteiger partial charge is 0.313 e. The van der Waals surface area contributed by atoms with E-state index in [-0.39, 0.29) is 0 Å². The van der Waals surface area contributed by atoms with Crippen LogP contribution in [-0.4, -0.2) is 8.75 Å². The van der Waals surface area contributed by atoms with E-state index in [0.717, 1.165) is 0 Å². The largest absolute Gasteiger partial charge is 0.326 e. The minimum atomic E-state index is -1.55. The number of hydrogen-bond donors (Lipinski definition) is 1. The summed E-state index contributed by atoms with van der Waals surface area (Å²) < 4.78 is 0. The first-order valence-electron chi connectivity index (χ1n) is 1.16. The van der Waals surface area contributed by atoms with Crippen LogP contribution in [0.25, 0.3) is 0 Å². The predicted octanol–water partition coefficient (Wildman–Crippen LogP) is 0.718. The van der Waals surface area contributed by atoms with Gasteiger partial charge in [-0.2, -0.15) is 4.91 Å². The second kappa shape index (κ2) is 1.89. The average Bonchev–Trinajstić information content (AvgIpc) is 1.38. The molecule has 0 aromatic carbocycles. The fourth-order valence-corrected chi connectivity index (χ4v) is 0. The molecule has 3 nitrogen and oxygen atoms in total. The summed E-state index contributed by atoms with van der Waals surface area (Å²) in [7, 11) is -1.55. The lowest BCUT2D eigenvalue weighted by Gasteiger charge is -1.58. The van der Waals surface area contributed by atoms with E-state index in [0.29, 0.717) is 0 Å². The molecule has 0 spiro atoms. The van der Waals surface area contributed by atoms with Gasteiger partial charge in [-0.3, -0.25) is 0 Å². The number of nitrogens with zero attached hydrogens (tertiary/aromatic N) is 1. The van der Waals surface area contributed by atoms with E-state index in [2.05, 4.69) is 4.84 Å². The van der Waals surface area contributed by atoms with Crippen LogP contribution < -0.4 is 0 Å². The quantitative estimate of drug-likeness (QED) is 0.372. The Labute approximate surface area is 31.2 Å². The van der Waals surface area contributed by atoms with Gasteiger partial charge >= 0.3 is 8.75 Å². The molecule has 0 aliphatic heterocycles. The summed E-state index contributed by atoms with van der Waals surface area (Å²) in [6.07, 6.45) is 0. The van der Waals surface area contributed by atoms with E-state index in [1.165, 1.54) is 6.55 Å². The van der Waals surface area contributed by atoms with Gasteiger partial charge in [0.05, 0.1) is 0 Å². The Balaban J connectivity index is 3.20. The maximum absolute atomic E-state index is 9.11. The zero-order chi connectivity index (χ0) is 4.28. The van der Waals surface area contributed by atoms with Crippen LogP contribution in [0.4, 0.5) is 0 Å². The van der Waals surface area contributed by atoms with Crippen LogP contribution in [-0.2, 0) is 0 Å². The van der Waals surface area contributed by atoms with Crippen molar-refractivity contribution < 1.29 is 0 Å². The second-order valence-corrected chi connectivity index (χ2v) is 2.03. The van der Waals surface area contributed by atoms with Crippen molar-refractivity contribution in [3.63, 3.8) is 0 Å². The van der Waals surface area contributed by atoms with Gasteiger partial charge in [0.1, 0.15) is 0 Å². The molecule has 0 radical (unpaired) electrons. The van der Waals surface area contributed by atoms with Gasteiger partial charge in [-0.15, -0.1) is 0 Å². The molecule has 0 rings (SSSR count). The van der Waals surface area contributed by atoms with Crippen molar-refractivity contribution >= 4 is 8.75 Å². The molecular weight excluding hydrogens is 84.1 g/mol. The van der Waals surface area contributed by atoms with E-state index in [1.54, 1.807) is 0 Å². The summed E-state index contributed by atoms with van der Waals surface area (Å²) in [6, 6.07) is 0. The Bertz CT molecular complexity index is 60.7. The average molecular weight is 88.1 g/mol. The van der Waals surface area contributed by atoms with Gasteiger partial charge in [-0.1, -0.05) is 4.84 Å². The molecule has 0 fully saturated rings. The van der Waals surface area contributed by atoms with Crippen molar-refractivity contribution in [2.45, 2.75) is 6.55 Å². The molecule has 0 unspecified atom stereocenters. The maximum atomic E-state index is 9.11. The first kappa shape index (κ1) is 4.62. The summed E-state index contributed by atoms with van der Waals surface area (Å²) in [5.74, 6) is 0. The molecule has 0 aliphatic carbocycles. The van der Waals surface area contributed by atoms with E-state index < -0.39 is 8.75 Å². The van der Waals surface area contributed by atoms with Gasteiger partial charge in [0, 0.05) is 0 Å². The van der Waals surface area contributed by atoms with E-state index in [1.807, 2.05) is 0 Å². The molecule has 1 N–H and O–H groups in total. The number of nitroso groups, excluding NO2 is 1. The lowest BCUT2D eigenvalue weighted by atomic mass is 11.9. The van der Waals surface area contributed by atoms with Crippen LogP contribution in [0.2, 0.25) is 6.55 Å². The third-order valence-corrected chi connectivity index (χ3v) is 0.411. The third kappa shape index (κ3) is 3.62. The SMILES string of the molecule is C[Si](=N)N=O. The van der Waals surface area contributed by atoms with Gasteiger partial charge in [0.15, 0.2) is 0 Å². The normalized spacial score (nSPS) is 6.60. The zero-order valence-corrected chi connectivity index (χ0v) is 3.86. The van der Waals surface area contributed by atoms with Crippen molar-refractivity contribution in [3.05, 3.63) is 4.91 Å². The third-order valence-electron chi connectivity index (χ3n) is 0.137. The fraction of sp³-hybridized carbons (Fsp3) is 1.00. The van der Waals surface area contributed by atoms with Crippen LogP contribution in [0.3, 0.4) is 0 Å². The molecule has 0 saturated carbocycles. The van der Waals surface area contributed by atoms with Crippen molar-refractivity contribution in [3.8, 4) is 0 Å². The van der Waals surface area contributed by atoms with Crippen LogP contribution >= 0.6 is 0 Å². The molecule has 0 bridgehead atoms. The predicted molar refractivity (Wildman–Crippen MR) is 20.1 cm³/mol. The lowest BCUT2D eigenvalue weighted by molar-refractivity contribution is 1.50. The molecule has 28 valence electrons. The molecule has 0 heterocycles. The Hall–Kier alpha value is -0.383. The Kier molecular flexibility index (Phi) is 1.75. The van der Waals surface area contributed by atoms with Gasteiger partial charge < -0.3 is 5.05 Å². The van der Waals surface area contributed by atoms with Crippen LogP contribution in [0.5, 0.6) is 0 Å². The second-order valence-electron chi connectivity index (χ2n) is 0.677. The standard InChI is InChI=1S/CH4N2OSi/c1-5(2)3-4/h2H,1H3. The molecule has 4 heteroatoms. The maximum Gasteiger partial charge on any atom is 0.313 e. The van der Waals surface area contributed by atoms with Crippen molar-refractivity contribution in [2.75, 3.05) is 0 Å². The molecule has 5 heavy (non-hydrogen) atoms. The van der Waals surface area contributed by atoms with Gasteiger partial charge in [0.2, 0.25) is 0 Å². The zero-order valence-electron chi connectivity index (χ0n) is 2.86. The summed E-state index contributed by atoms with van der Waals surface area (Å²) >= 11 is 0. The highest BCUT2D eigenvalue weighted by Gasteiger charge is 1.76. The highest BCUT2D eigenvalue weighted by atomic mass is 28.3. The van der Waals surface area contributed by atoms with Crippen LogP contribution in [0.15, 0.2) is 4.84 Å². The van der Waals surface area contributed by atoms with Gasteiger partial charge in [0.25, 0.3) is 0 Å². The molecule has 0 aromatic heterocycles. The molecule has 0 aliphatic rings. The Morgan fingerprint density at radius 1 is 2.00 bits per heavy atom.